The molecule has 0 radical (unpaired) electrons. The van der Waals surface area contributed by atoms with E-state index in [1.807, 2.05) is 30.1 Å². The molecule has 1 aromatic heterocycles. The third-order valence-corrected chi connectivity index (χ3v) is 4.52. The number of hydrogen-bond acceptors (Lipinski definition) is 3. The molecule has 3 rings (SSSR count). The molecule has 0 spiro atoms. The highest BCUT2D eigenvalue weighted by atomic mass is 79.9. The number of hydrogen-bond donors (Lipinski definition) is 1. The smallest absolute Gasteiger partial charge is 0.137 e. The third-order valence-electron chi connectivity index (χ3n) is 3.88. The second kappa shape index (κ2) is 6.25. The predicted octanol–water partition coefficient (Wildman–Crippen LogP) is 2.47. The van der Waals surface area contributed by atoms with Gasteiger partial charge in [-0.3, -0.25) is 4.90 Å². The third kappa shape index (κ3) is 3.17. The first-order chi connectivity index (χ1) is 10.1. The summed E-state index contributed by atoms with van der Waals surface area (Å²) in [4.78, 5) is 6.81. The van der Waals surface area contributed by atoms with E-state index in [-0.39, 0.29) is 11.9 Å². The zero-order chi connectivity index (χ0) is 14.8. The Hall–Kier alpha value is -1.24. The van der Waals surface area contributed by atoms with E-state index < -0.39 is 0 Å². The number of nitrogens with zero attached hydrogens (tertiary/aromatic N) is 3. The Labute approximate surface area is 132 Å². The molecule has 21 heavy (non-hydrogen) atoms. The molecule has 1 aromatic carbocycles. The molecule has 0 amide bonds. The summed E-state index contributed by atoms with van der Waals surface area (Å²) in [6.07, 6.45) is 3.78. The standard InChI is InChI=1S/C15H18BrFN4/c1-20-6-5-19-15(20)14-9-18-4-7-21(14)10-11-2-3-12(16)13(17)8-11/h2-3,5-6,8,14,18H,4,7,9-10H2,1H3. The van der Waals surface area contributed by atoms with Gasteiger partial charge in [0.15, 0.2) is 0 Å². The van der Waals surface area contributed by atoms with Crippen molar-refractivity contribution in [2.75, 3.05) is 19.6 Å². The number of piperazine rings is 1. The number of aryl methyl sites for hydroxylation is 1. The van der Waals surface area contributed by atoms with Crippen LogP contribution in [0.5, 0.6) is 0 Å². The van der Waals surface area contributed by atoms with Crippen molar-refractivity contribution in [3.8, 4) is 0 Å². The molecule has 2 heterocycles. The van der Waals surface area contributed by atoms with E-state index in [0.717, 1.165) is 37.6 Å². The highest BCUT2D eigenvalue weighted by Crippen LogP contribution is 2.24. The van der Waals surface area contributed by atoms with Crippen LogP contribution in [-0.2, 0) is 13.6 Å². The number of nitrogens with one attached hydrogen (secondary N) is 1. The van der Waals surface area contributed by atoms with Gasteiger partial charge in [-0.05, 0) is 33.6 Å². The van der Waals surface area contributed by atoms with Gasteiger partial charge in [-0.15, -0.1) is 0 Å². The van der Waals surface area contributed by atoms with E-state index in [1.165, 1.54) is 0 Å². The van der Waals surface area contributed by atoms with Crippen LogP contribution in [0.1, 0.15) is 17.4 Å². The summed E-state index contributed by atoms with van der Waals surface area (Å²) in [7, 11) is 2.01. The Morgan fingerprint density at radius 1 is 1.48 bits per heavy atom. The van der Waals surface area contributed by atoms with Crippen LogP contribution in [0.3, 0.4) is 0 Å². The van der Waals surface area contributed by atoms with Gasteiger partial charge in [0.1, 0.15) is 11.6 Å². The van der Waals surface area contributed by atoms with Crippen LogP contribution >= 0.6 is 15.9 Å². The van der Waals surface area contributed by atoms with Crippen LogP contribution in [0.25, 0.3) is 0 Å². The SMILES string of the molecule is Cn1ccnc1C1CNCCN1Cc1ccc(Br)c(F)c1. The minimum Gasteiger partial charge on any atom is -0.337 e. The van der Waals surface area contributed by atoms with Gasteiger partial charge >= 0.3 is 0 Å². The van der Waals surface area contributed by atoms with Gasteiger partial charge in [0.25, 0.3) is 0 Å². The number of benzene rings is 1. The van der Waals surface area contributed by atoms with Crippen molar-refractivity contribution in [2.45, 2.75) is 12.6 Å². The molecule has 112 valence electrons. The molecule has 0 aliphatic carbocycles. The Bertz CT molecular complexity index is 628. The minimum absolute atomic E-state index is 0.212. The highest BCUT2D eigenvalue weighted by molar-refractivity contribution is 9.10. The van der Waals surface area contributed by atoms with Crippen LogP contribution in [0, 0.1) is 5.82 Å². The summed E-state index contributed by atoms with van der Waals surface area (Å²) in [6.45, 7) is 3.46. The lowest BCUT2D eigenvalue weighted by atomic mass is 10.1. The van der Waals surface area contributed by atoms with Gasteiger partial charge in [0.2, 0.25) is 0 Å². The van der Waals surface area contributed by atoms with Crippen LogP contribution in [0.15, 0.2) is 35.1 Å². The summed E-state index contributed by atoms with van der Waals surface area (Å²) in [6, 6.07) is 5.54. The number of halogens is 2. The summed E-state index contributed by atoms with van der Waals surface area (Å²) in [5.41, 5.74) is 0.983. The number of imidazole rings is 1. The van der Waals surface area contributed by atoms with Crippen molar-refractivity contribution in [1.29, 1.82) is 0 Å². The fraction of sp³-hybridized carbons (Fsp3) is 0.400. The summed E-state index contributed by atoms with van der Waals surface area (Å²) in [5, 5.41) is 3.41. The zero-order valence-corrected chi connectivity index (χ0v) is 13.5. The molecule has 1 N–H and O–H groups in total. The van der Waals surface area contributed by atoms with Crippen molar-refractivity contribution >= 4 is 15.9 Å². The van der Waals surface area contributed by atoms with Crippen molar-refractivity contribution < 1.29 is 4.39 Å². The molecule has 1 unspecified atom stereocenters. The summed E-state index contributed by atoms with van der Waals surface area (Å²) >= 11 is 3.20. The lowest BCUT2D eigenvalue weighted by molar-refractivity contribution is 0.144. The topological polar surface area (TPSA) is 33.1 Å². The van der Waals surface area contributed by atoms with Gasteiger partial charge in [0, 0.05) is 45.6 Å². The number of rotatable bonds is 3. The average Bonchev–Trinajstić information content (AvgIpc) is 2.90. The quantitative estimate of drug-likeness (QED) is 0.920. The second-order valence-corrected chi connectivity index (χ2v) is 6.19. The largest absolute Gasteiger partial charge is 0.337 e. The molecule has 6 heteroatoms. The molecule has 1 saturated heterocycles. The maximum Gasteiger partial charge on any atom is 0.137 e. The predicted molar refractivity (Wildman–Crippen MR) is 83.3 cm³/mol. The van der Waals surface area contributed by atoms with E-state index in [2.05, 4.69) is 31.1 Å². The first-order valence-electron chi connectivity index (χ1n) is 7.01. The fourth-order valence-electron chi connectivity index (χ4n) is 2.76. The monoisotopic (exact) mass is 352 g/mol. The van der Waals surface area contributed by atoms with E-state index in [1.54, 1.807) is 12.1 Å². The first-order valence-corrected chi connectivity index (χ1v) is 7.80. The van der Waals surface area contributed by atoms with Crippen molar-refractivity contribution in [2.24, 2.45) is 7.05 Å². The average molecular weight is 353 g/mol. The number of aromatic nitrogens is 2. The molecular weight excluding hydrogens is 335 g/mol. The van der Waals surface area contributed by atoms with E-state index in [9.17, 15) is 4.39 Å². The van der Waals surface area contributed by atoms with Gasteiger partial charge < -0.3 is 9.88 Å². The van der Waals surface area contributed by atoms with Gasteiger partial charge in [-0.2, -0.15) is 0 Å². The Balaban J connectivity index is 1.81. The Kier molecular flexibility index (Phi) is 4.37. The normalized spacial score (nSPS) is 19.9. The van der Waals surface area contributed by atoms with E-state index >= 15 is 0 Å². The molecule has 0 saturated carbocycles. The maximum atomic E-state index is 13.7. The Morgan fingerprint density at radius 2 is 2.33 bits per heavy atom. The van der Waals surface area contributed by atoms with Crippen LogP contribution in [-0.4, -0.2) is 34.1 Å². The van der Waals surface area contributed by atoms with Crippen molar-refractivity contribution in [1.82, 2.24) is 19.8 Å². The minimum atomic E-state index is -0.212. The lowest BCUT2D eigenvalue weighted by Crippen LogP contribution is -2.46. The maximum absolute atomic E-state index is 13.7. The summed E-state index contributed by atoms with van der Waals surface area (Å²) in [5.74, 6) is 0.830. The van der Waals surface area contributed by atoms with Gasteiger partial charge in [-0.25, -0.2) is 9.37 Å². The van der Waals surface area contributed by atoms with Crippen molar-refractivity contribution in [3.63, 3.8) is 0 Å². The fourth-order valence-corrected chi connectivity index (χ4v) is 3.01. The van der Waals surface area contributed by atoms with E-state index in [0.29, 0.717) is 4.47 Å². The summed E-state index contributed by atoms with van der Waals surface area (Å²) < 4.78 is 16.2. The second-order valence-electron chi connectivity index (χ2n) is 5.34. The molecule has 4 nitrogen and oxygen atoms in total. The zero-order valence-electron chi connectivity index (χ0n) is 11.9. The van der Waals surface area contributed by atoms with E-state index in [4.69, 9.17) is 0 Å². The molecule has 1 atom stereocenters. The van der Waals surface area contributed by atoms with Crippen LogP contribution in [0.4, 0.5) is 4.39 Å². The highest BCUT2D eigenvalue weighted by Gasteiger charge is 2.26. The molecule has 1 fully saturated rings. The van der Waals surface area contributed by atoms with Gasteiger partial charge in [0.05, 0.1) is 10.5 Å². The van der Waals surface area contributed by atoms with Gasteiger partial charge in [-0.1, -0.05) is 6.07 Å². The molecule has 0 bridgehead atoms. The van der Waals surface area contributed by atoms with Crippen LogP contribution < -0.4 is 5.32 Å². The molecular formula is C15H18BrFN4. The van der Waals surface area contributed by atoms with Crippen LogP contribution in [0.2, 0.25) is 0 Å². The van der Waals surface area contributed by atoms with Crippen molar-refractivity contribution in [3.05, 3.63) is 52.3 Å². The molecule has 2 aromatic rings. The lowest BCUT2D eigenvalue weighted by Gasteiger charge is -2.35. The molecule has 1 aliphatic rings. The first kappa shape index (κ1) is 14.7. The molecule has 1 aliphatic heterocycles. The Morgan fingerprint density at radius 3 is 3.05 bits per heavy atom.